The molecule has 3 aromatic rings. The van der Waals surface area contributed by atoms with Crippen molar-refractivity contribution >= 4 is 17.8 Å². The first-order valence-electron chi connectivity index (χ1n) is 10.0. The number of rotatable bonds is 3. The molecule has 0 bridgehead atoms. The molecular weight excluding hydrogens is 390 g/mol. The number of pyridine rings is 1. The van der Waals surface area contributed by atoms with Crippen molar-refractivity contribution in [2.45, 2.75) is 33.1 Å². The van der Waals surface area contributed by atoms with E-state index in [1.807, 2.05) is 12.1 Å². The van der Waals surface area contributed by atoms with Crippen LogP contribution in [-0.2, 0) is 5.41 Å². The van der Waals surface area contributed by atoms with Crippen molar-refractivity contribution in [1.29, 1.82) is 0 Å². The second kappa shape index (κ2) is 7.84. The van der Waals surface area contributed by atoms with Gasteiger partial charge in [-0.05, 0) is 53.8 Å². The first-order chi connectivity index (χ1) is 14.7. The number of fused-ring (bicyclic) bond motifs is 1. The molecule has 2 aromatic carbocycles. The van der Waals surface area contributed by atoms with E-state index in [-0.39, 0.29) is 17.0 Å². The lowest BCUT2D eigenvalue weighted by molar-refractivity contribution is 0.0732. The van der Waals surface area contributed by atoms with E-state index in [0.717, 1.165) is 5.56 Å². The first kappa shape index (κ1) is 20.5. The minimum atomic E-state index is -0.518. The lowest BCUT2D eigenvalue weighted by Gasteiger charge is -2.18. The maximum atomic E-state index is 12.8. The topological polar surface area (TPSA) is 65.5 Å². The molecule has 31 heavy (non-hydrogen) atoms. The average molecular weight is 413 g/mol. The van der Waals surface area contributed by atoms with Crippen molar-refractivity contribution in [2.75, 3.05) is 0 Å². The predicted octanol–water partition coefficient (Wildman–Crippen LogP) is 5.52. The van der Waals surface area contributed by atoms with Crippen LogP contribution in [0, 0.1) is 6.92 Å². The number of carbonyl (C=O) groups excluding carboxylic acids is 2. The second-order valence-corrected chi connectivity index (χ2v) is 8.51. The van der Waals surface area contributed by atoms with Gasteiger partial charge in [0, 0.05) is 18.0 Å². The van der Waals surface area contributed by atoms with Gasteiger partial charge in [-0.3, -0.25) is 9.78 Å². The van der Waals surface area contributed by atoms with Gasteiger partial charge in [-0.15, -0.1) is 0 Å². The SMILES string of the molecule is Cc1c(OC(=O)c2cccnc2)ccc2c1O/C(=C\c1ccc(C(C)(C)C)cc1)C2=O. The minimum absolute atomic E-state index is 0.0579. The standard InChI is InChI=1S/C26H23NO4/c1-16-21(31-25(29)18-6-5-13-27-15-18)12-11-20-23(28)22(30-24(16)20)14-17-7-9-19(10-8-17)26(2,3)4/h5-15H,1-4H3/b22-14-. The molecule has 4 rings (SSSR count). The molecule has 1 aliphatic heterocycles. The Kier molecular flexibility index (Phi) is 5.19. The normalized spacial score (nSPS) is 14.3. The van der Waals surface area contributed by atoms with Crippen LogP contribution in [0.4, 0.5) is 0 Å². The highest BCUT2D eigenvalue weighted by Crippen LogP contribution is 2.39. The molecule has 2 heterocycles. The number of ketones is 1. The third-order valence-corrected chi connectivity index (χ3v) is 5.21. The molecule has 0 saturated heterocycles. The van der Waals surface area contributed by atoms with Crippen molar-refractivity contribution in [1.82, 2.24) is 4.98 Å². The lowest BCUT2D eigenvalue weighted by atomic mass is 9.86. The molecule has 0 aliphatic carbocycles. The van der Waals surface area contributed by atoms with E-state index in [4.69, 9.17) is 9.47 Å². The Morgan fingerprint density at radius 1 is 1.06 bits per heavy atom. The monoisotopic (exact) mass is 413 g/mol. The van der Waals surface area contributed by atoms with Crippen LogP contribution < -0.4 is 9.47 Å². The molecular formula is C26H23NO4. The molecule has 5 nitrogen and oxygen atoms in total. The van der Waals surface area contributed by atoms with Crippen LogP contribution in [0.5, 0.6) is 11.5 Å². The molecule has 0 atom stereocenters. The maximum Gasteiger partial charge on any atom is 0.345 e. The Morgan fingerprint density at radius 2 is 1.81 bits per heavy atom. The number of hydrogen-bond donors (Lipinski definition) is 0. The summed E-state index contributed by atoms with van der Waals surface area (Å²) < 4.78 is 11.4. The molecule has 156 valence electrons. The largest absolute Gasteiger partial charge is 0.452 e. The molecule has 0 radical (unpaired) electrons. The van der Waals surface area contributed by atoms with Gasteiger partial charge in [-0.1, -0.05) is 45.0 Å². The predicted molar refractivity (Wildman–Crippen MR) is 118 cm³/mol. The van der Waals surface area contributed by atoms with E-state index in [1.165, 1.54) is 11.8 Å². The van der Waals surface area contributed by atoms with Crippen LogP contribution >= 0.6 is 0 Å². The second-order valence-electron chi connectivity index (χ2n) is 8.51. The van der Waals surface area contributed by atoms with Gasteiger partial charge in [0.25, 0.3) is 0 Å². The number of ether oxygens (including phenoxy) is 2. The fraction of sp³-hybridized carbons (Fsp3) is 0.192. The molecule has 0 spiro atoms. The zero-order chi connectivity index (χ0) is 22.2. The number of benzene rings is 2. The molecule has 5 heteroatoms. The number of nitrogens with zero attached hydrogens (tertiary/aromatic N) is 1. The number of hydrogen-bond acceptors (Lipinski definition) is 5. The van der Waals surface area contributed by atoms with Gasteiger partial charge >= 0.3 is 5.97 Å². The quantitative estimate of drug-likeness (QED) is 0.321. The highest BCUT2D eigenvalue weighted by atomic mass is 16.5. The lowest BCUT2D eigenvalue weighted by Crippen LogP contribution is -2.10. The maximum absolute atomic E-state index is 12.8. The van der Waals surface area contributed by atoms with Gasteiger partial charge in [-0.25, -0.2) is 4.79 Å². The summed E-state index contributed by atoms with van der Waals surface area (Å²) in [5, 5.41) is 0. The summed E-state index contributed by atoms with van der Waals surface area (Å²) in [4.78, 5) is 29.1. The molecule has 0 unspecified atom stereocenters. The van der Waals surface area contributed by atoms with E-state index in [2.05, 4.69) is 37.9 Å². The van der Waals surface area contributed by atoms with Crippen LogP contribution in [0.15, 0.2) is 66.7 Å². The summed E-state index contributed by atoms with van der Waals surface area (Å²) in [7, 11) is 0. The zero-order valence-electron chi connectivity index (χ0n) is 17.9. The van der Waals surface area contributed by atoms with Crippen molar-refractivity contribution < 1.29 is 19.1 Å². The fourth-order valence-corrected chi connectivity index (χ4v) is 3.35. The number of allylic oxidation sites excluding steroid dienone is 1. The van der Waals surface area contributed by atoms with Crippen LogP contribution in [0.1, 0.15) is 58.2 Å². The third-order valence-electron chi connectivity index (χ3n) is 5.21. The summed E-state index contributed by atoms with van der Waals surface area (Å²) in [6, 6.07) is 14.6. The molecule has 0 N–H and O–H groups in total. The van der Waals surface area contributed by atoms with E-state index in [9.17, 15) is 9.59 Å². The van der Waals surface area contributed by atoms with E-state index in [0.29, 0.717) is 28.2 Å². The van der Waals surface area contributed by atoms with Crippen molar-refractivity contribution in [3.63, 3.8) is 0 Å². The van der Waals surface area contributed by atoms with Crippen molar-refractivity contribution in [3.8, 4) is 11.5 Å². The highest BCUT2D eigenvalue weighted by Gasteiger charge is 2.30. The Hall–Kier alpha value is -3.73. The van der Waals surface area contributed by atoms with Gasteiger partial charge in [0.15, 0.2) is 5.76 Å². The molecule has 0 fully saturated rings. The first-order valence-corrected chi connectivity index (χ1v) is 10.0. The fourth-order valence-electron chi connectivity index (χ4n) is 3.35. The Morgan fingerprint density at radius 3 is 2.45 bits per heavy atom. The molecule has 1 aliphatic rings. The number of carbonyl (C=O) groups is 2. The van der Waals surface area contributed by atoms with Gasteiger partial charge in [0.2, 0.25) is 5.78 Å². The Balaban J connectivity index is 1.58. The minimum Gasteiger partial charge on any atom is -0.452 e. The molecule has 0 amide bonds. The van der Waals surface area contributed by atoms with Gasteiger partial charge in [0.05, 0.1) is 11.1 Å². The molecule has 0 saturated carbocycles. The van der Waals surface area contributed by atoms with Crippen LogP contribution in [0.2, 0.25) is 0 Å². The van der Waals surface area contributed by atoms with Crippen LogP contribution in [0.25, 0.3) is 6.08 Å². The van der Waals surface area contributed by atoms with Gasteiger partial charge in [-0.2, -0.15) is 0 Å². The number of Topliss-reactive ketones (excluding diaryl/α,β-unsaturated/α-hetero) is 1. The zero-order valence-corrected chi connectivity index (χ0v) is 17.9. The number of esters is 1. The average Bonchev–Trinajstić information content (AvgIpc) is 3.06. The third kappa shape index (κ3) is 4.12. The summed E-state index contributed by atoms with van der Waals surface area (Å²) in [6.07, 6.45) is 4.76. The van der Waals surface area contributed by atoms with Gasteiger partial charge in [0.1, 0.15) is 11.5 Å². The molecule has 1 aromatic heterocycles. The van der Waals surface area contributed by atoms with Crippen LogP contribution in [-0.4, -0.2) is 16.7 Å². The summed E-state index contributed by atoms with van der Waals surface area (Å²) in [5.41, 5.74) is 3.55. The van der Waals surface area contributed by atoms with Crippen molar-refractivity contribution in [3.05, 3.63) is 94.5 Å². The summed E-state index contributed by atoms with van der Waals surface area (Å²) in [6.45, 7) is 8.23. The van der Waals surface area contributed by atoms with E-state index < -0.39 is 5.97 Å². The van der Waals surface area contributed by atoms with E-state index in [1.54, 1.807) is 43.5 Å². The Bertz CT molecular complexity index is 1190. The van der Waals surface area contributed by atoms with Crippen molar-refractivity contribution in [2.24, 2.45) is 0 Å². The van der Waals surface area contributed by atoms with Crippen LogP contribution in [0.3, 0.4) is 0 Å². The summed E-state index contributed by atoms with van der Waals surface area (Å²) >= 11 is 0. The summed E-state index contributed by atoms with van der Waals surface area (Å²) in [5.74, 6) is 0.297. The number of aromatic nitrogens is 1. The highest BCUT2D eigenvalue weighted by molar-refractivity contribution is 6.15. The van der Waals surface area contributed by atoms with E-state index >= 15 is 0 Å². The van der Waals surface area contributed by atoms with Gasteiger partial charge < -0.3 is 9.47 Å². The Labute approximate surface area is 181 Å². The smallest absolute Gasteiger partial charge is 0.345 e.